The van der Waals surface area contributed by atoms with Gasteiger partial charge in [0.25, 0.3) is 0 Å². The molecule has 1 aliphatic heterocycles. The minimum Gasteiger partial charge on any atom is -0.488 e. The minimum atomic E-state index is -0.474. The van der Waals surface area contributed by atoms with E-state index in [9.17, 15) is 4.39 Å². The van der Waals surface area contributed by atoms with E-state index in [0.29, 0.717) is 29.6 Å². The molecule has 0 saturated heterocycles. The van der Waals surface area contributed by atoms with Crippen LogP contribution in [0.5, 0.6) is 5.75 Å². The first-order chi connectivity index (χ1) is 16.2. The molecule has 33 heavy (non-hydrogen) atoms. The first-order valence-corrected chi connectivity index (χ1v) is 12.2. The number of aryl methyl sites for hydroxylation is 1. The molecule has 5 rings (SSSR count). The van der Waals surface area contributed by atoms with Crippen molar-refractivity contribution in [3.63, 3.8) is 0 Å². The van der Waals surface area contributed by atoms with Gasteiger partial charge in [-0.3, -0.25) is 4.78 Å². The molecule has 0 bridgehead atoms. The molecule has 1 aliphatic rings. The van der Waals surface area contributed by atoms with Gasteiger partial charge in [-0.25, -0.2) is 14.4 Å². The lowest BCUT2D eigenvalue weighted by molar-refractivity contribution is 0.306. The second-order valence-corrected chi connectivity index (χ2v) is 9.46. The molecule has 0 fully saturated rings. The van der Waals surface area contributed by atoms with Crippen molar-refractivity contribution in [1.82, 2.24) is 9.97 Å². The summed E-state index contributed by atoms with van der Waals surface area (Å²) >= 11 is 0. The second kappa shape index (κ2) is 9.50. The predicted molar refractivity (Wildman–Crippen MR) is 129 cm³/mol. The van der Waals surface area contributed by atoms with Crippen molar-refractivity contribution < 1.29 is 9.13 Å². The van der Waals surface area contributed by atoms with Gasteiger partial charge in [0.05, 0.1) is 5.69 Å². The lowest BCUT2D eigenvalue weighted by Gasteiger charge is -2.18. The molecule has 1 unspecified atom stereocenters. The fraction of sp³-hybridized carbons (Fsp3) is 0.154. The maximum Gasteiger partial charge on any atom is 0.227 e. The van der Waals surface area contributed by atoms with Crippen molar-refractivity contribution >= 4 is 22.3 Å². The maximum atomic E-state index is 14.0. The van der Waals surface area contributed by atoms with Crippen molar-refractivity contribution in [2.45, 2.75) is 24.3 Å². The largest absolute Gasteiger partial charge is 0.488 e. The molecule has 5 nitrogen and oxygen atoms in total. The van der Waals surface area contributed by atoms with E-state index in [1.54, 1.807) is 18.3 Å². The molecule has 4 aromatic rings. The summed E-state index contributed by atoms with van der Waals surface area (Å²) in [5.41, 5.74) is 4.44. The lowest BCUT2D eigenvalue weighted by atomic mass is 10.1. The number of hydrogen-bond acceptors (Lipinski definition) is 5. The van der Waals surface area contributed by atoms with Gasteiger partial charge in [0.15, 0.2) is 0 Å². The molecular formula is C26H23FN4OS. The van der Waals surface area contributed by atoms with Crippen LogP contribution in [0.1, 0.15) is 17.5 Å². The van der Waals surface area contributed by atoms with Gasteiger partial charge in [-0.05, 0) is 54.3 Å². The van der Waals surface area contributed by atoms with Gasteiger partial charge in [0.2, 0.25) is 5.95 Å². The van der Waals surface area contributed by atoms with E-state index in [1.165, 1.54) is 17.7 Å². The SMILES string of the molecule is N=S1CCCc2ccc(Nc3nccc(-c4ccc(F)cc4OCc4ccccc4)n3)cc21. The molecule has 0 radical (unpaired) electrons. The van der Waals surface area contributed by atoms with E-state index < -0.39 is 10.7 Å². The van der Waals surface area contributed by atoms with Gasteiger partial charge in [0.1, 0.15) is 18.2 Å². The first kappa shape index (κ1) is 21.3. The van der Waals surface area contributed by atoms with Crippen LogP contribution in [-0.2, 0) is 23.7 Å². The fourth-order valence-corrected chi connectivity index (χ4v) is 5.25. The van der Waals surface area contributed by atoms with Crippen LogP contribution >= 0.6 is 0 Å². The molecule has 3 aromatic carbocycles. The Morgan fingerprint density at radius 2 is 1.91 bits per heavy atom. The Balaban J connectivity index is 1.40. The van der Waals surface area contributed by atoms with E-state index >= 15 is 0 Å². The van der Waals surface area contributed by atoms with Gasteiger partial charge in [-0.1, -0.05) is 47.1 Å². The fourth-order valence-electron chi connectivity index (χ4n) is 3.85. The highest BCUT2D eigenvalue weighted by Gasteiger charge is 2.15. The smallest absolute Gasteiger partial charge is 0.227 e. The Morgan fingerprint density at radius 3 is 2.79 bits per heavy atom. The second-order valence-electron chi connectivity index (χ2n) is 7.83. The molecule has 1 aromatic heterocycles. The van der Waals surface area contributed by atoms with Crippen molar-refractivity contribution in [2.75, 3.05) is 11.1 Å². The van der Waals surface area contributed by atoms with Gasteiger partial charge in [0, 0.05) is 34.2 Å². The highest BCUT2D eigenvalue weighted by Crippen LogP contribution is 2.31. The topological polar surface area (TPSA) is 70.9 Å². The summed E-state index contributed by atoms with van der Waals surface area (Å²) in [6.45, 7) is 0.331. The molecule has 2 heterocycles. The van der Waals surface area contributed by atoms with Crippen LogP contribution in [0.3, 0.4) is 0 Å². The maximum absolute atomic E-state index is 14.0. The van der Waals surface area contributed by atoms with Crippen LogP contribution in [0.25, 0.3) is 11.3 Å². The molecule has 0 saturated carbocycles. The Morgan fingerprint density at radius 1 is 1.03 bits per heavy atom. The van der Waals surface area contributed by atoms with Gasteiger partial charge in [-0.2, -0.15) is 0 Å². The van der Waals surface area contributed by atoms with E-state index in [0.717, 1.165) is 34.7 Å². The monoisotopic (exact) mass is 458 g/mol. The number of hydrogen-bond donors (Lipinski definition) is 2. The Kier molecular flexibility index (Phi) is 6.13. The van der Waals surface area contributed by atoms with Gasteiger partial charge < -0.3 is 10.1 Å². The lowest BCUT2D eigenvalue weighted by Crippen LogP contribution is -2.09. The third-order valence-corrected chi connectivity index (χ3v) is 7.10. The Bertz CT molecular complexity index is 1310. The zero-order valence-corrected chi connectivity index (χ0v) is 18.7. The van der Waals surface area contributed by atoms with Crippen molar-refractivity contribution in [1.29, 1.82) is 4.78 Å². The van der Waals surface area contributed by atoms with Gasteiger partial charge >= 0.3 is 0 Å². The number of ether oxygens (including phenoxy) is 1. The van der Waals surface area contributed by atoms with Crippen LogP contribution in [-0.4, -0.2) is 15.7 Å². The highest BCUT2D eigenvalue weighted by molar-refractivity contribution is 7.86. The van der Waals surface area contributed by atoms with Crippen molar-refractivity contribution in [2.24, 2.45) is 0 Å². The van der Waals surface area contributed by atoms with Crippen LogP contribution < -0.4 is 10.1 Å². The summed E-state index contributed by atoms with van der Waals surface area (Å²) in [6.07, 6.45) is 3.77. The normalized spacial score (nSPS) is 15.0. The Hall–Kier alpha value is -3.58. The third-order valence-electron chi connectivity index (χ3n) is 5.50. The number of anilines is 2. The number of nitrogens with zero attached hydrogens (tertiary/aromatic N) is 2. The molecule has 0 amide bonds. The molecule has 1 atom stereocenters. The predicted octanol–water partition coefficient (Wildman–Crippen LogP) is 6.29. The van der Waals surface area contributed by atoms with Crippen LogP contribution in [0.15, 0.2) is 83.9 Å². The Labute approximate surface area is 194 Å². The average Bonchev–Trinajstić information content (AvgIpc) is 2.84. The van der Waals surface area contributed by atoms with Crippen molar-refractivity contribution in [3.05, 3.63) is 95.9 Å². The number of rotatable bonds is 6. The van der Waals surface area contributed by atoms with E-state index in [4.69, 9.17) is 9.52 Å². The summed E-state index contributed by atoms with van der Waals surface area (Å²) in [5, 5.41) is 3.26. The quantitative estimate of drug-likeness (QED) is 0.356. The van der Waals surface area contributed by atoms with Crippen LogP contribution in [0, 0.1) is 10.6 Å². The molecule has 7 heteroatoms. The molecule has 2 N–H and O–H groups in total. The standard InChI is InChI=1S/C26H23FN4OS/c27-20-9-11-22(24(15-20)32-17-18-5-2-1-3-6-18)23-12-13-29-26(31-23)30-21-10-8-19-7-4-14-33(28)25(19)16-21/h1-3,5-6,8-13,15-16,28H,4,7,14,17H2,(H,29,30,31). The van der Waals surface area contributed by atoms with E-state index in [1.807, 2.05) is 42.5 Å². The molecule has 0 spiro atoms. The minimum absolute atomic E-state index is 0.331. The van der Waals surface area contributed by atoms with Crippen molar-refractivity contribution in [3.8, 4) is 17.0 Å². The summed E-state index contributed by atoms with van der Waals surface area (Å²) in [6, 6.07) is 22.1. The number of benzene rings is 3. The summed E-state index contributed by atoms with van der Waals surface area (Å²) in [5.74, 6) is 1.41. The molecule has 0 aliphatic carbocycles. The number of aromatic nitrogens is 2. The third kappa shape index (κ3) is 4.93. The number of nitrogens with one attached hydrogen (secondary N) is 2. The van der Waals surface area contributed by atoms with E-state index in [2.05, 4.69) is 21.4 Å². The number of fused-ring (bicyclic) bond motifs is 1. The first-order valence-electron chi connectivity index (χ1n) is 10.8. The zero-order valence-electron chi connectivity index (χ0n) is 17.9. The summed E-state index contributed by atoms with van der Waals surface area (Å²) < 4.78 is 28.3. The highest BCUT2D eigenvalue weighted by atomic mass is 32.2. The van der Waals surface area contributed by atoms with Crippen LogP contribution in [0.4, 0.5) is 16.0 Å². The van der Waals surface area contributed by atoms with Crippen LogP contribution in [0.2, 0.25) is 0 Å². The summed E-state index contributed by atoms with van der Waals surface area (Å²) in [4.78, 5) is 10.1. The number of halogens is 1. The van der Waals surface area contributed by atoms with E-state index in [-0.39, 0.29) is 5.82 Å². The molecule has 166 valence electrons. The summed E-state index contributed by atoms with van der Waals surface area (Å²) in [7, 11) is -0.474. The van der Waals surface area contributed by atoms with Gasteiger partial charge in [-0.15, -0.1) is 0 Å². The zero-order chi connectivity index (χ0) is 22.6. The average molecular weight is 459 g/mol. The molecular weight excluding hydrogens is 435 g/mol.